The maximum Gasteiger partial charge on any atom is 0.157 e. The molecule has 15 heavy (non-hydrogen) atoms. The fourth-order valence-electron chi connectivity index (χ4n) is 1.76. The molecule has 1 fully saturated rings. The van der Waals surface area contributed by atoms with Crippen molar-refractivity contribution in [2.24, 2.45) is 0 Å². The molecule has 0 aromatic heterocycles. The molecule has 2 heteroatoms. The highest BCUT2D eigenvalue weighted by Gasteiger charge is 2.12. The van der Waals surface area contributed by atoms with Crippen molar-refractivity contribution in [1.29, 1.82) is 0 Å². The molecule has 0 aromatic carbocycles. The standard InChI is InChI=1S/C13H24O2/c1-12(2)8-4-3-6-10-14-13-9-5-7-11-15-13/h13H,1,3-11H2,2H3. The van der Waals surface area contributed by atoms with Gasteiger partial charge < -0.3 is 9.47 Å². The van der Waals surface area contributed by atoms with Gasteiger partial charge in [0.15, 0.2) is 6.29 Å². The first kappa shape index (κ1) is 12.7. The number of rotatable bonds is 7. The molecular weight excluding hydrogens is 188 g/mol. The first-order valence-electron chi connectivity index (χ1n) is 6.16. The summed E-state index contributed by atoms with van der Waals surface area (Å²) in [4.78, 5) is 0. The van der Waals surface area contributed by atoms with E-state index in [-0.39, 0.29) is 6.29 Å². The number of hydrogen-bond donors (Lipinski definition) is 0. The molecule has 1 saturated heterocycles. The normalized spacial score (nSPS) is 21.5. The van der Waals surface area contributed by atoms with Crippen LogP contribution in [0.3, 0.4) is 0 Å². The van der Waals surface area contributed by atoms with Gasteiger partial charge in [-0.2, -0.15) is 0 Å². The van der Waals surface area contributed by atoms with Crippen molar-refractivity contribution in [1.82, 2.24) is 0 Å². The SMILES string of the molecule is C=C(C)CCCCCOC1CCCCO1. The summed E-state index contributed by atoms with van der Waals surface area (Å²) in [6, 6.07) is 0. The second-order valence-corrected chi connectivity index (χ2v) is 4.43. The zero-order valence-electron chi connectivity index (χ0n) is 9.96. The quantitative estimate of drug-likeness (QED) is 0.473. The summed E-state index contributed by atoms with van der Waals surface area (Å²) in [5, 5.41) is 0. The molecule has 1 aliphatic heterocycles. The van der Waals surface area contributed by atoms with Crippen LogP contribution in [0.4, 0.5) is 0 Å². The maximum atomic E-state index is 5.65. The van der Waals surface area contributed by atoms with Gasteiger partial charge in [0.2, 0.25) is 0 Å². The van der Waals surface area contributed by atoms with Crippen LogP contribution in [-0.2, 0) is 9.47 Å². The summed E-state index contributed by atoms with van der Waals surface area (Å²) < 4.78 is 11.1. The van der Waals surface area contributed by atoms with E-state index in [1.807, 2.05) is 0 Å². The predicted octanol–water partition coefficient (Wildman–Crippen LogP) is 3.67. The molecule has 1 aliphatic rings. The molecule has 0 bridgehead atoms. The number of ether oxygens (including phenoxy) is 2. The summed E-state index contributed by atoms with van der Waals surface area (Å²) in [5.41, 5.74) is 1.28. The Labute approximate surface area is 93.7 Å². The van der Waals surface area contributed by atoms with Gasteiger partial charge in [0.1, 0.15) is 0 Å². The van der Waals surface area contributed by atoms with Crippen molar-refractivity contribution in [2.45, 2.75) is 58.2 Å². The van der Waals surface area contributed by atoms with Crippen LogP contribution in [-0.4, -0.2) is 19.5 Å². The van der Waals surface area contributed by atoms with Gasteiger partial charge in [-0.25, -0.2) is 0 Å². The monoisotopic (exact) mass is 212 g/mol. The highest BCUT2D eigenvalue weighted by molar-refractivity contribution is 4.86. The lowest BCUT2D eigenvalue weighted by Crippen LogP contribution is -2.22. The number of hydrogen-bond acceptors (Lipinski definition) is 2. The highest BCUT2D eigenvalue weighted by atomic mass is 16.7. The van der Waals surface area contributed by atoms with Gasteiger partial charge in [-0.15, -0.1) is 6.58 Å². The Bertz CT molecular complexity index is 171. The Kier molecular flexibility index (Phi) is 6.69. The fourth-order valence-corrected chi connectivity index (χ4v) is 1.76. The number of allylic oxidation sites excluding steroid dienone is 1. The Hall–Kier alpha value is -0.340. The first-order valence-corrected chi connectivity index (χ1v) is 6.16. The summed E-state index contributed by atoms with van der Waals surface area (Å²) in [5.74, 6) is 0. The molecule has 1 atom stereocenters. The minimum absolute atomic E-state index is 0.0832. The fraction of sp³-hybridized carbons (Fsp3) is 0.846. The Morgan fingerprint density at radius 3 is 2.87 bits per heavy atom. The minimum Gasteiger partial charge on any atom is -0.353 e. The van der Waals surface area contributed by atoms with Gasteiger partial charge in [0, 0.05) is 13.2 Å². The van der Waals surface area contributed by atoms with E-state index in [4.69, 9.17) is 9.47 Å². The average molecular weight is 212 g/mol. The van der Waals surface area contributed by atoms with E-state index in [1.54, 1.807) is 0 Å². The van der Waals surface area contributed by atoms with E-state index >= 15 is 0 Å². The van der Waals surface area contributed by atoms with E-state index in [2.05, 4.69) is 13.5 Å². The van der Waals surface area contributed by atoms with Crippen molar-refractivity contribution in [3.63, 3.8) is 0 Å². The summed E-state index contributed by atoms with van der Waals surface area (Å²) >= 11 is 0. The second-order valence-electron chi connectivity index (χ2n) is 4.43. The van der Waals surface area contributed by atoms with Gasteiger partial charge in [-0.3, -0.25) is 0 Å². The third kappa shape index (κ3) is 6.69. The van der Waals surface area contributed by atoms with Crippen molar-refractivity contribution in [2.75, 3.05) is 13.2 Å². The Morgan fingerprint density at radius 1 is 1.33 bits per heavy atom. The van der Waals surface area contributed by atoms with Crippen molar-refractivity contribution in [3.05, 3.63) is 12.2 Å². The first-order chi connectivity index (χ1) is 7.29. The van der Waals surface area contributed by atoms with Crippen LogP contribution in [0, 0.1) is 0 Å². The third-order valence-corrected chi connectivity index (χ3v) is 2.69. The van der Waals surface area contributed by atoms with Crippen LogP contribution < -0.4 is 0 Å². The zero-order valence-corrected chi connectivity index (χ0v) is 9.96. The number of unbranched alkanes of at least 4 members (excludes halogenated alkanes) is 2. The largest absolute Gasteiger partial charge is 0.353 e. The van der Waals surface area contributed by atoms with Gasteiger partial charge in [0.05, 0.1) is 0 Å². The van der Waals surface area contributed by atoms with Gasteiger partial charge in [-0.1, -0.05) is 12.0 Å². The van der Waals surface area contributed by atoms with E-state index in [0.717, 1.165) is 32.5 Å². The summed E-state index contributed by atoms with van der Waals surface area (Å²) in [6.07, 6.45) is 8.38. The van der Waals surface area contributed by atoms with Gasteiger partial charge in [-0.05, 0) is 45.4 Å². The lowest BCUT2D eigenvalue weighted by molar-refractivity contribution is -0.162. The second kappa shape index (κ2) is 7.89. The predicted molar refractivity (Wildman–Crippen MR) is 62.8 cm³/mol. The minimum atomic E-state index is 0.0832. The van der Waals surface area contributed by atoms with Crippen LogP contribution in [0.2, 0.25) is 0 Å². The molecule has 1 heterocycles. The molecule has 1 rings (SSSR count). The lowest BCUT2D eigenvalue weighted by atomic mass is 10.1. The van der Waals surface area contributed by atoms with Crippen LogP contribution in [0.5, 0.6) is 0 Å². The van der Waals surface area contributed by atoms with E-state index < -0.39 is 0 Å². The van der Waals surface area contributed by atoms with E-state index in [0.29, 0.717) is 0 Å². The van der Waals surface area contributed by atoms with Crippen molar-refractivity contribution >= 4 is 0 Å². The summed E-state index contributed by atoms with van der Waals surface area (Å²) in [6.45, 7) is 7.71. The zero-order chi connectivity index (χ0) is 10.9. The molecule has 0 aromatic rings. The molecular formula is C13H24O2. The van der Waals surface area contributed by atoms with Crippen molar-refractivity contribution < 1.29 is 9.47 Å². The maximum absolute atomic E-state index is 5.65. The highest BCUT2D eigenvalue weighted by Crippen LogP contribution is 2.14. The van der Waals surface area contributed by atoms with E-state index in [1.165, 1.54) is 31.3 Å². The third-order valence-electron chi connectivity index (χ3n) is 2.69. The Morgan fingerprint density at radius 2 is 2.20 bits per heavy atom. The molecule has 88 valence electrons. The topological polar surface area (TPSA) is 18.5 Å². The molecule has 0 spiro atoms. The van der Waals surface area contributed by atoms with Crippen LogP contribution >= 0.6 is 0 Å². The molecule has 0 amide bonds. The average Bonchev–Trinajstić information content (AvgIpc) is 2.24. The molecule has 0 radical (unpaired) electrons. The smallest absolute Gasteiger partial charge is 0.157 e. The van der Waals surface area contributed by atoms with Crippen molar-refractivity contribution in [3.8, 4) is 0 Å². The summed E-state index contributed by atoms with van der Waals surface area (Å²) in [7, 11) is 0. The lowest BCUT2D eigenvalue weighted by Gasteiger charge is -2.22. The molecule has 0 saturated carbocycles. The molecule has 1 unspecified atom stereocenters. The molecule has 0 aliphatic carbocycles. The molecule has 0 N–H and O–H groups in total. The van der Waals surface area contributed by atoms with E-state index in [9.17, 15) is 0 Å². The van der Waals surface area contributed by atoms with Gasteiger partial charge in [0.25, 0.3) is 0 Å². The van der Waals surface area contributed by atoms with Crippen LogP contribution in [0.1, 0.15) is 51.9 Å². The van der Waals surface area contributed by atoms with Gasteiger partial charge >= 0.3 is 0 Å². The Balaban J connectivity index is 1.85. The van der Waals surface area contributed by atoms with Crippen LogP contribution in [0.15, 0.2) is 12.2 Å². The molecule has 2 nitrogen and oxygen atoms in total. The van der Waals surface area contributed by atoms with Crippen LogP contribution in [0.25, 0.3) is 0 Å².